The molecular formula is C13H18FN3O2. The molecule has 2 rings (SSSR count). The molecule has 1 aromatic rings. The first-order valence-electron chi connectivity index (χ1n) is 6.25. The van der Waals surface area contributed by atoms with Crippen LogP contribution in [0.3, 0.4) is 0 Å². The fourth-order valence-corrected chi connectivity index (χ4v) is 2.23. The topological polar surface area (TPSA) is 67.6 Å². The molecule has 6 heteroatoms. The Morgan fingerprint density at radius 2 is 2.42 bits per heavy atom. The van der Waals surface area contributed by atoms with Crippen LogP contribution in [0.2, 0.25) is 0 Å². The Bertz CT molecular complexity index is 461. The predicted molar refractivity (Wildman–Crippen MR) is 70.1 cm³/mol. The van der Waals surface area contributed by atoms with E-state index in [1.54, 1.807) is 13.1 Å². The van der Waals surface area contributed by atoms with Crippen molar-refractivity contribution in [2.75, 3.05) is 25.6 Å². The lowest BCUT2D eigenvalue weighted by molar-refractivity contribution is 0.0587. The van der Waals surface area contributed by atoms with E-state index in [1.807, 2.05) is 0 Å². The van der Waals surface area contributed by atoms with Gasteiger partial charge in [-0.15, -0.1) is 0 Å². The summed E-state index contributed by atoms with van der Waals surface area (Å²) >= 11 is 0. The number of nitrogens with one attached hydrogen (secondary N) is 1. The first-order valence-corrected chi connectivity index (χ1v) is 6.25. The summed E-state index contributed by atoms with van der Waals surface area (Å²) in [6, 6.07) is 4.29. The van der Waals surface area contributed by atoms with Crippen molar-refractivity contribution in [1.82, 2.24) is 4.90 Å². The highest BCUT2D eigenvalue weighted by Crippen LogP contribution is 2.21. The Hall–Kier alpha value is -1.66. The molecule has 0 bridgehead atoms. The van der Waals surface area contributed by atoms with Crippen LogP contribution in [-0.4, -0.2) is 37.1 Å². The average molecular weight is 267 g/mol. The van der Waals surface area contributed by atoms with E-state index in [4.69, 9.17) is 10.6 Å². The molecule has 0 saturated carbocycles. The number of anilines is 1. The Morgan fingerprint density at radius 1 is 1.63 bits per heavy atom. The molecule has 3 N–H and O–H groups in total. The van der Waals surface area contributed by atoms with Gasteiger partial charge in [-0.3, -0.25) is 10.6 Å². The highest BCUT2D eigenvalue weighted by Gasteiger charge is 2.23. The summed E-state index contributed by atoms with van der Waals surface area (Å²) in [5.41, 5.74) is 2.48. The molecule has 0 spiro atoms. The number of likely N-dealkylation sites (N-methyl/N-ethyl adjacent to an activating group) is 1. The number of rotatable bonds is 4. The Kier molecular flexibility index (Phi) is 4.34. The fraction of sp³-hybridized carbons (Fsp3) is 0.462. The second-order valence-corrected chi connectivity index (χ2v) is 4.63. The normalized spacial score (nSPS) is 18.4. The number of amides is 1. The van der Waals surface area contributed by atoms with Crippen molar-refractivity contribution in [1.29, 1.82) is 0 Å². The standard InChI is InChI=1S/C13H18FN3O2/c1-17(8-9-4-3-7-19-9)13(18)10-5-2-6-11(14)12(10)16-15/h2,5-6,9,16H,3-4,7-8,15H2,1H3. The second-order valence-electron chi connectivity index (χ2n) is 4.63. The van der Waals surface area contributed by atoms with Gasteiger partial charge in [0, 0.05) is 20.2 Å². The fourth-order valence-electron chi connectivity index (χ4n) is 2.23. The molecule has 1 heterocycles. The number of ether oxygens (including phenoxy) is 1. The Labute approximate surface area is 111 Å². The van der Waals surface area contributed by atoms with Gasteiger partial charge in [0.15, 0.2) is 0 Å². The minimum absolute atomic E-state index is 0.0201. The first kappa shape index (κ1) is 13.8. The molecule has 5 nitrogen and oxygen atoms in total. The number of hydrogen-bond donors (Lipinski definition) is 2. The maximum absolute atomic E-state index is 13.5. The average Bonchev–Trinajstić information content (AvgIpc) is 2.90. The van der Waals surface area contributed by atoms with E-state index >= 15 is 0 Å². The van der Waals surface area contributed by atoms with E-state index in [0.29, 0.717) is 6.54 Å². The molecule has 1 atom stereocenters. The summed E-state index contributed by atoms with van der Waals surface area (Å²) in [7, 11) is 1.68. The van der Waals surface area contributed by atoms with Crippen molar-refractivity contribution in [3.63, 3.8) is 0 Å². The zero-order valence-corrected chi connectivity index (χ0v) is 10.9. The monoisotopic (exact) mass is 267 g/mol. The van der Waals surface area contributed by atoms with Gasteiger partial charge in [0.1, 0.15) is 5.82 Å². The third-order valence-corrected chi connectivity index (χ3v) is 3.24. The van der Waals surface area contributed by atoms with Crippen LogP contribution in [0.4, 0.5) is 10.1 Å². The summed E-state index contributed by atoms with van der Waals surface area (Å²) in [6.45, 7) is 1.24. The molecule has 104 valence electrons. The number of carbonyl (C=O) groups excluding carboxylic acids is 1. The smallest absolute Gasteiger partial charge is 0.255 e. The molecule has 1 fully saturated rings. The largest absolute Gasteiger partial charge is 0.376 e. The summed E-state index contributed by atoms with van der Waals surface area (Å²) < 4.78 is 19.0. The predicted octanol–water partition coefficient (Wildman–Crippen LogP) is 1.36. The zero-order valence-electron chi connectivity index (χ0n) is 10.9. The number of hydrazine groups is 1. The lowest BCUT2D eigenvalue weighted by atomic mass is 10.1. The van der Waals surface area contributed by atoms with Gasteiger partial charge in [-0.25, -0.2) is 4.39 Å². The molecule has 1 aliphatic heterocycles. The third-order valence-electron chi connectivity index (χ3n) is 3.24. The molecule has 1 aliphatic rings. The van der Waals surface area contributed by atoms with Gasteiger partial charge in [0.25, 0.3) is 5.91 Å². The maximum atomic E-state index is 13.5. The maximum Gasteiger partial charge on any atom is 0.255 e. The molecule has 0 aromatic heterocycles. The molecule has 1 saturated heterocycles. The van der Waals surface area contributed by atoms with Gasteiger partial charge in [0.2, 0.25) is 0 Å². The van der Waals surface area contributed by atoms with Crippen LogP contribution in [0, 0.1) is 5.82 Å². The van der Waals surface area contributed by atoms with Gasteiger partial charge in [-0.05, 0) is 25.0 Å². The number of halogens is 1. The lowest BCUT2D eigenvalue weighted by Gasteiger charge is -2.22. The number of nitrogens with zero attached hydrogens (tertiary/aromatic N) is 1. The van der Waals surface area contributed by atoms with E-state index in [9.17, 15) is 9.18 Å². The molecular weight excluding hydrogens is 249 g/mol. The van der Waals surface area contributed by atoms with Crippen LogP contribution >= 0.6 is 0 Å². The van der Waals surface area contributed by atoms with Crippen LogP contribution in [-0.2, 0) is 4.74 Å². The van der Waals surface area contributed by atoms with E-state index in [-0.39, 0.29) is 23.3 Å². The van der Waals surface area contributed by atoms with Crippen LogP contribution in [0.15, 0.2) is 18.2 Å². The quantitative estimate of drug-likeness (QED) is 0.638. The number of nitrogens with two attached hydrogens (primary N) is 1. The van der Waals surface area contributed by atoms with Gasteiger partial charge in [-0.1, -0.05) is 6.07 Å². The number of hydrogen-bond acceptors (Lipinski definition) is 4. The number of carbonyl (C=O) groups is 1. The Balaban J connectivity index is 2.12. The van der Waals surface area contributed by atoms with Gasteiger partial charge < -0.3 is 15.1 Å². The van der Waals surface area contributed by atoms with Crippen molar-refractivity contribution in [2.24, 2.45) is 5.84 Å². The molecule has 1 aromatic carbocycles. The van der Waals surface area contributed by atoms with E-state index < -0.39 is 5.82 Å². The number of nitrogen functional groups attached to an aromatic ring is 1. The van der Waals surface area contributed by atoms with Gasteiger partial charge in [0.05, 0.1) is 17.4 Å². The number of para-hydroxylation sites is 1. The molecule has 0 radical (unpaired) electrons. The third kappa shape index (κ3) is 3.02. The highest BCUT2D eigenvalue weighted by atomic mass is 19.1. The van der Waals surface area contributed by atoms with Crippen LogP contribution < -0.4 is 11.3 Å². The molecule has 19 heavy (non-hydrogen) atoms. The molecule has 1 unspecified atom stereocenters. The summed E-state index contributed by atoms with van der Waals surface area (Å²) in [5.74, 6) is 4.45. The summed E-state index contributed by atoms with van der Waals surface area (Å²) in [4.78, 5) is 13.8. The SMILES string of the molecule is CN(CC1CCCO1)C(=O)c1cccc(F)c1NN. The zero-order chi connectivity index (χ0) is 13.8. The highest BCUT2D eigenvalue weighted by molar-refractivity contribution is 5.99. The van der Waals surface area contributed by atoms with E-state index in [0.717, 1.165) is 19.4 Å². The van der Waals surface area contributed by atoms with Crippen LogP contribution in [0.5, 0.6) is 0 Å². The van der Waals surface area contributed by atoms with E-state index in [1.165, 1.54) is 17.0 Å². The van der Waals surface area contributed by atoms with Crippen molar-refractivity contribution in [2.45, 2.75) is 18.9 Å². The summed E-state index contributed by atoms with van der Waals surface area (Å²) in [5, 5.41) is 0. The van der Waals surface area contributed by atoms with Crippen molar-refractivity contribution >= 4 is 11.6 Å². The minimum Gasteiger partial charge on any atom is -0.376 e. The Morgan fingerprint density at radius 3 is 3.05 bits per heavy atom. The van der Waals surface area contributed by atoms with E-state index in [2.05, 4.69) is 5.43 Å². The number of benzene rings is 1. The van der Waals surface area contributed by atoms with Crippen molar-refractivity contribution in [3.8, 4) is 0 Å². The van der Waals surface area contributed by atoms with Crippen molar-refractivity contribution < 1.29 is 13.9 Å². The lowest BCUT2D eigenvalue weighted by Crippen LogP contribution is -2.34. The molecule has 0 aliphatic carbocycles. The van der Waals surface area contributed by atoms with Crippen LogP contribution in [0.1, 0.15) is 23.2 Å². The van der Waals surface area contributed by atoms with Crippen molar-refractivity contribution in [3.05, 3.63) is 29.6 Å². The van der Waals surface area contributed by atoms with Crippen LogP contribution in [0.25, 0.3) is 0 Å². The molecule has 1 amide bonds. The van der Waals surface area contributed by atoms with Gasteiger partial charge in [-0.2, -0.15) is 0 Å². The summed E-state index contributed by atoms with van der Waals surface area (Å²) in [6.07, 6.45) is 2.03. The minimum atomic E-state index is -0.543. The van der Waals surface area contributed by atoms with Gasteiger partial charge >= 0.3 is 0 Å². The first-order chi connectivity index (χ1) is 9.13. The second kappa shape index (κ2) is 5.99.